The second-order valence-corrected chi connectivity index (χ2v) is 11.6. The first kappa shape index (κ1) is 21.4. The fraction of sp³-hybridized carbons (Fsp3) is 0.600. The van der Waals surface area contributed by atoms with Crippen LogP contribution >= 0.6 is 0 Å². The molecule has 0 bridgehead atoms. The molecule has 25 heavy (non-hydrogen) atoms. The maximum atomic E-state index is 12.8. The van der Waals surface area contributed by atoms with Crippen LogP contribution in [0.25, 0.3) is 0 Å². The van der Waals surface area contributed by atoms with Gasteiger partial charge in [0.25, 0.3) is 0 Å². The van der Waals surface area contributed by atoms with Crippen molar-refractivity contribution in [2.24, 2.45) is 0 Å². The third-order valence-corrected chi connectivity index (χ3v) is 10.9. The van der Waals surface area contributed by atoms with Gasteiger partial charge in [0.2, 0.25) is 0 Å². The van der Waals surface area contributed by atoms with Gasteiger partial charge in [-0.3, -0.25) is 0 Å². The van der Waals surface area contributed by atoms with E-state index in [9.17, 15) is 9.59 Å². The van der Waals surface area contributed by atoms with Crippen molar-refractivity contribution in [1.29, 1.82) is 0 Å². The molecule has 0 saturated heterocycles. The molecule has 0 aliphatic carbocycles. The van der Waals surface area contributed by atoms with Crippen LogP contribution in [-0.4, -0.2) is 33.2 Å². The van der Waals surface area contributed by atoms with Gasteiger partial charge in [0.1, 0.15) is 0 Å². The summed E-state index contributed by atoms with van der Waals surface area (Å²) < 4.78 is 10.6. The number of carbonyl (C=O) groups excluding carboxylic acids is 2. The zero-order chi connectivity index (χ0) is 19.2. The Balaban J connectivity index is 3.79. The van der Waals surface area contributed by atoms with Gasteiger partial charge in [-0.1, -0.05) is 45.0 Å². The molecule has 0 saturated carbocycles. The van der Waals surface area contributed by atoms with Gasteiger partial charge in [0, 0.05) is 0 Å². The summed E-state index contributed by atoms with van der Waals surface area (Å²) in [5.41, 5.74) is 2.66. The molecule has 0 radical (unpaired) electrons. The highest BCUT2D eigenvalue weighted by Gasteiger charge is 2.36. The molecule has 0 spiro atoms. The zero-order valence-corrected chi connectivity index (χ0v) is 17.7. The summed E-state index contributed by atoms with van der Waals surface area (Å²) in [7, 11) is -1.82. The fourth-order valence-electron chi connectivity index (χ4n) is 3.71. The molecule has 1 aromatic rings. The molecule has 1 aromatic carbocycles. The third-order valence-electron chi connectivity index (χ3n) is 5.34. The monoisotopic (exact) mass is 364 g/mol. The van der Waals surface area contributed by atoms with Crippen molar-refractivity contribution in [1.82, 2.24) is 0 Å². The maximum absolute atomic E-state index is 12.8. The third kappa shape index (κ3) is 4.14. The van der Waals surface area contributed by atoms with Crippen molar-refractivity contribution in [3.05, 3.63) is 28.3 Å². The number of ether oxygens (including phenoxy) is 2. The van der Waals surface area contributed by atoms with Crippen molar-refractivity contribution in [3.63, 3.8) is 0 Å². The van der Waals surface area contributed by atoms with Crippen molar-refractivity contribution < 1.29 is 19.1 Å². The Kier molecular flexibility index (Phi) is 7.86. The molecule has 140 valence electrons. The Labute approximate surface area is 152 Å². The minimum Gasteiger partial charge on any atom is -0.462 e. The number of benzene rings is 1. The van der Waals surface area contributed by atoms with Crippen molar-refractivity contribution in [3.8, 4) is 0 Å². The lowest BCUT2D eigenvalue weighted by molar-refractivity contribution is 0.0524. The minimum atomic E-state index is -1.82. The van der Waals surface area contributed by atoms with Crippen molar-refractivity contribution in [2.45, 2.75) is 66.6 Å². The van der Waals surface area contributed by atoms with Crippen molar-refractivity contribution in [2.75, 3.05) is 13.2 Å². The highest BCUT2D eigenvalue weighted by atomic mass is 28.3. The lowest BCUT2D eigenvalue weighted by Crippen LogP contribution is -2.49. The molecule has 0 aliphatic rings. The molecule has 1 rings (SSSR count). The number of carbonyl (C=O) groups is 2. The van der Waals surface area contributed by atoms with Gasteiger partial charge in [-0.2, -0.15) is 0 Å². The van der Waals surface area contributed by atoms with E-state index in [0.717, 1.165) is 28.9 Å². The van der Waals surface area contributed by atoms with Crippen LogP contribution in [0.4, 0.5) is 0 Å². The fourth-order valence-corrected chi connectivity index (χ4v) is 7.69. The predicted octanol–water partition coefficient (Wildman–Crippen LogP) is 4.37. The van der Waals surface area contributed by atoms with Gasteiger partial charge >= 0.3 is 11.9 Å². The van der Waals surface area contributed by atoms with Gasteiger partial charge in [-0.25, -0.2) is 9.59 Å². The van der Waals surface area contributed by atoms with E-state index in [4.69, 9.17) is 9.47 Å². The lowest BCUT2D eigenvalue weighted by atomic mass is 9.97. The first-order chi connectivity index (χ1) is 11.8. The Bertz CT molecular complexity index is 625. The second-order valence-electron chi connectivity index (χ2n) is 6.40. The Hall–Kier alpha value is -1.62. The quantitative estimate of drug-likeness (QED) is 0.508. The van der Waals surface area contributed by atoms with Crippen molar-refractivity contribution >= 4 is 25.2 Å². The Morgan fingerprint density at radius 2 is 1.28 bits per heavy atom. The van der Waals surface area contributed by atoms with E-state index < -0.39 is 8.07 Å². The Morgan fingerprint density at radius 3 is 1.68 bits per heavy atom. The second kappa shape index (κ2) is 9.18. The van der Waals surface area contributed by atoms with E-state index in [1.807, 2.05) is 19.9 Å². The number of rotatable bonds is 8. The summed E-state index contributed by atoms with van der Waals surface area (Å²) >= 11 is 0. The summed E-state index contributed by atoms with van der Waals surface area (Å²) in [6.45, 7) is 14.6. The van der Waals surface area contributed by atoms with Crippen LogP contribution in [0, 0.1) is 13.8 Å². The van der Waals surface area contributed by atoms with Gasteiger partial charge in [0.15, 0.2) is 0 Å². The molecule has 0 atom stereocenters. The zero-order valence-electron chi connectivity index (χ0n) is 16.7. The largest absolute Gasteiger partial charge is 0.462 e. The summed E-state index contributed by atoms with van der Waals surface area (Å²) in [5.74, 6) is -0.695. The molecular formula is C20H32O4Si. The molecule has 0 heterocycles. The first-order valence-corrected chi connectivity index (χ1v) is 11.9. The van der Waals surface area contributed by atoms with Crippen LogP contribution < -0.4 is 5.19 Å². The number of hydrogen-bond donors (Lipinski definition) is 0. The minimum absolute atomic E-state index is 0.311. The lowest BCUT2D eigenvalue weighted by Gasteiger charge is -2.32. The van der Waals surface area contributed by atoms with Gasteiger partial charge < -0.3 is 9.47 Å². The standard InChI is InChI=1S/C20H32O4Si/c1-8-23-19(21)17-14(6)13-16(25(10-3,11-4)12-5)18(15(17)7)20(22)24-9-2/h13H,8-12H2,1-7H3. The molecule has 0 N–H and O–H groups in total. The average Bonchev–Trinajstić information content (AvgIpc) is 2.57. The van der Waals surface area contributed by atoms with Gasteiger partial charge in [0.05, 0.1) is 32.4 Å². The smallest absolute Gasteiger partial charge is 0.338 e. The Morgan fingerprint density at radius 1 is 0.840 bits per heavy atom. The molecule has 0 amide bonds. The van der Waals surface area contributed by atoms with Crippen LogP contribution in [0.1, 0.15) is 66.5 Å². The number of hydrogen-bond acceptors (Lipinski definition) is 4. The molecule has 0 aromatic heterocycles. The summed E-state index contributed by atoms with van der Waals surface area (Å²) in [6, 6.07) is 5.23. The van der Waals surface area contributed by atoms with Gasteiger partial charge in [-0.05, 0) is 44.0 Å². The summed E-state index contributed by atoms with van der Waals surface area (Å²) in [4.78, 5) is 25.2. The van der Waals surface area contributed by atoms with E-state index >= 15 is 0 Å². The van der Waals surface area contributed by atoms with E-state index in [1.54, 1.807) is 13.8 Å². The first-order valence-electron chi connectivity index (χ1n) is 9.32. The van der Waals surface area contributed by atoms with E-state index in [2.05, 4.69) is 20.8 Å². The van der Waals surface area contributed by atoms with Crippen LogP contribution in [0.5, 0.6) is 0 Å². The van der Waals surface area contributed by atoms with Crippen LogP contribution in [0.3, 0.4) is 0 Å². The predicted molar refractivity (Wildman–Crippen MR) is 105 cm³/mol. The SMILES string of the molecule is CCOC(=O)c1c(C)cc([Si](CC)(CC)CC)c(C(=O)OCC)c1C. The summed E-state index contributed by atoms with van der Waals surface area (Å²) in [5, 5.41) is 1.13. The molecular weight excluding hydrogens is 332 g/mol. The van der Waals surface area contributed by atoms with E-state index in [1.165, 1.54) is 0 Å². The molecule has 4 nitrogen and oxygen atoms in total. The molecule has 5 heteroatoms. The van der Waals surface area contributed by atoms with Gasteiger partial charge in [-0.15, -0.1) is 0 Å². The number of esters is 2. The van der Waals surface area contributed by atoms with Crippen LogP contribution in [0.2, 0.25) is 18.1 Å². The van der Waals surface area contributed by atoms with Crippen LogP contribution in [-0.2, 0) is 9.47 Å². The topological polar surface area (TPSA) is 52.6 Å². The molecule has 0 unspecified atom stereocenters. The molecule has 0 aliphatic heterocycles. The van der Waals surface area contributed by atoms with E-state index in [-0.39, 0.29) is 11.9 Å². The maximum Gasteiger partial charge on any atom is 0.338 e. The summed E-state index contributed by atoms with van der Waals surface area (Å²) in [6.07, 6.45) is 0. The number of aryl methyl sites for hydroxylation is 1. The highest BCUT2D eigenvalue weighted by Crippen LogP contribution is 2.27. The van der Waals surface area contributed by atoms with E-state index in [0.29, 0.717) is 29.9 Å². The van der Waals surface area contributed by atoms with Crippen LogP contribution in [0.15, 0.2) is 6.07 Å². The highest BCUT2D eigenvalue weighted by molar-refractivity contribution is 6.92. The average molecular weight is 365 g/mol. The normalized spacial score (nSPS) is 11.3. The molecule has 0 fully saturated rings.